The highest BCUT2D eigenvalue weighted by molar-refractivity contribution is 5.81. The Bertz CT molecular complexity index is 1210. The maximum Gasteiger partial charge on any atom is 0.306 e. The van der Waals surface area contributed by atoms with Gasteiger partial charge in [-0.2, -0.15) is 0 Å². The van der Waals surface area contributed by atoms with Crippen molar-refractivity contribution in [2.24, 2.45) is 7.05 Å². The molecule has 1 fully saturated rings. The molecule has 0 saturated heterocycles. The molecule has 0 atom stereocenters. The molecule has 33 heavy (non-hydrogen) atoms. The van der Waals surface area contributed by atoms with E-state index in [0.717, 1.165) is 24.2 Å². The first kappa shape index (κ1) is 22.5. The zero-order valence-corrected chi connectivity index (χ0v) is 18.8. The molecule has 0 N–H and O–H groups in total. The third-order valence-corrected chi connectivity index (χ3v) is 5.81. The normalized spacial score (nSPS) is 13.0. The van der Waals surface area contributed by atoms with Crippen molar-refractivity contribution in [2.75, 3.05) is 13.7 Å². The summed E-state index contributed by atoms with van der Waals surface area (Å²) in [6.07, 6.45) is 2.20. The van der Waals surface area contributed by atoms with Crippen molar-refractivity contribution < 1.29 is 19.1 Å². The van der Waals surface area contributed by atoms with E-state index in [4.69, 9.17) is 9.47 Å². The molecule has 8 heteroatoms. The number of fused-ring (bicyclic) bond motifs is 1. The van der Waals surface area contributed by atoms with Crippen LogP contribution in [-0.2, 0) is 34.3 Å². The van der Waals surface area contributed by atoms with Gasteiger partial charge in [-0.25, -0.2) is 4.98 Å². The second-order valence-corrected chi connectivity index (χ2v) is 8.17. The smallest absolute Gasteiger partial charge is 0.306 e. The van der Waals surface area contributed by atoms with Gasteiger partial charge in [0, 0.05) is 26.1 Å². The molecule has 0 spiro atoms. The lowest BCUT2D eigenvalue weighted by Gasteiger charge is -2.22. The summed E-state index contributed by atoms with van der Waals surface area (Å²) < 4.78 is 11.9. The number of hydrogen-bond donors (Lipinski definition) is 0. The number of amides is 1. The Balaban J connectivity index is 1.32. The average molecular weight is 450 g/mol. The van der Waals surface area contributed by atoms with Gasteiger partial charge >= 0.3 is 5.97 Å². The molecule has 1 heterocycles. The zero-order valence-electron chi connectivity index (χ0n) is 18.8. The Kier molecular flexibility index (Phi) is 6.72. The summed E-state index contributed by atoms with van der Waals surface area (Å²) in [6, 6.07) is 14.9. The number of carbonyl (C=O) groups excluding carboxylic acids is 2. The highest BCUT2D eigenvalue weighted by atomic mass is 16.5. The second kappa shape index (κ2) is 9.85. The van der Waals surface area contributed by atoms with Crippen molar-refractivity contribution >= 4 is 22.8 Å². The number of aryl methyl sites for hydroxylation is 1. The molecule has 8 nitrogen and oxygen atoms in total. The molecule has 1 saturated carbocycles. The molecule has 2 aromatic carbocycles. The van der Waals surface area contributed by atoms with Crippen LogP contribution in [0.5, 0.6) is 5.75 Å². The highest BCUT2D eigenvalue weighted by Gasteiger charge is 2.33. The molecule has 1 aliphatic carbocycles. The van der Waals surface area contributed by atoms with Gasteiger partial charge in [0.15, 0.2) is 6.61 Å². The van der Waals surface area contributed by atoms with E-state index in [1.165, 1.54) is 4.57 Å². The lowest BCUT2D eigenvalue weighted by molar-refractivity contribution is -0.152. The Morgan fingerprint density at radius 3 is 2.55 bits per heavy atom. The molecule has 1 amide bonds. The number of para-hydroxylation sites is 1. The molecule has 172 valence electrons. The molecule has 0 radical (unpaired) electrons. The van der Waals surface area contributed by atoms with Crippen LogP contribution in [0.1, 0.15) is 30.7 Å². The molecule has 0 unspecified atom stereocenters. The lowest BCUT2D eigenvalue weighted by Crippen LogP contribution is -2.36. The van der Waals surface area contributed by atoms with Gasteiger partial charge in [0.2, 0.25) is 0 Å². The molecule has 0 aliphatic heterocycles. The van der Waals surface area contributed by atoms with Crippen molar-refractivity contribution in [1.82, 2.24) is 14.5 Å². The average Bonchev–Trinajstić information content (AvgIpc) is 3.68. The number of nitrogens with zero attached hydrogens (tertiary/aromatic N) is 3. The van der Waals surface area contributed by atoms with E-state index in [-0.39, 0.29) is 37.0 Å². The predicted octanol–water partition coefficient (Wildman–Crippen LogP) is 2.61. The van der Waals surface area contributed by atoms with Gasteiger partial charge in [0.05, 0.1) is 24.4 Å². The van der Waals surface area contributed by atoms with Crippen LogP contribution >= 0.6 is 0 Å². The minimum Gasteiger partial charge on any atom is -0.497 e. The molecular formula is C25H27N3O5. The lowest BCUT2D eigenvalue weighted by atomic mass is 10.2. The fraction of sp³-hybridized carbons (Fsp3) is 0.360. The van der Waals surface area contributed by atoms with Gasteiger partial charge in [-0.15, -0.1) is 0 Å². The molecule has 1 aromatic heterocycles. The van der Waals surface area contributed by atoms with Crippen LogP contribution in [0.25, 0.3) is 10.9 Å². The molecule has 1 aliphatic rings. The van der Waals surface area contributed by atoms with Gasteiger partial charge in [-0.05, 0) is 42.7 Å². The van der Waals surface area contributed by atoms with Crippen molar-refractivity contribution in [3.63, 3.8) is 0 Å². The van der Waals surface area contributed by atoms with Gasteiger partial charge in [0.25, 0.3) is 11.5 Å². The fourth-order valence-electron chi connectivity index (χ4n) is 3.73. The maximum absolute atomic E-state index is 12.7. The first-order chi connectivity index (χ1) is 16.0. The summed E-state index contributed by atoms with van der Waals surface area (Å²) >= 11 is 0. The van der Waals surface area contributed by atoms with Crippen molar-refractivity contribution in [3.8, 4) is 5.75 Å². The summed E-state index contributed by atoms with van der Waals surface area (Å²) in [4.78, 5) is 43.8. The van der Waals surface area contributed by atoms with Gasteiger partial charge < -0.3 is 14.4 Å². The minimum atomic E-state index is -0.494. The molecule has 0 bridgehead atoms. The second-order valence-electron chi connectivity index (χ2n) is 8.17. The summed E-state index contributed by atoms with van der Waals surface area (Å²) in [6.45, 7) is 0.170. The zero-order chi connectivity index (χ0) is 23.4. The summed E-state index contributed by atoms with van der Waals surface area (Å²) in [5, 5.41) is 0.536. The number of rotatable bonds is 9. The van der Waals surface area contributed by atoms with Crippen molar-refractivity contribution in [2.45, 2.75) is 38.3 Å². The van der Waals surface area contributed by atoms with E-state index in [9.17, 15) is 14.4 Å². The van der Waals surface area contributed by atoms with Crippen LogP contribution in [0.15, 0.2) is 53.3 Å². The predicted molar refractivity (Wildman–Crippen MR) is 123 cm³/mol. The minimum absolute atomic E-state index is 0.0355. The van der Waals surface area contributed by atoms with E-state index < -0.39 is 5.97 Å². The van der Waals surface area contributed by atoms with Gasteiger partial charge in [0.1, 0.15) is 11.6 Å². The first-order valence-corrected chi connectivity index (χ1v) is 11.0. The number of methoxy groups -OCH3 is 1. The number of carbonyl (C=O) groups is 2. The number of benzene rings is 2. The van der Waals surface area contributed by atoms with E-state index in [0.29, 0.717) is 23.3 Å². The molecular weight excluding hydrogens is 422 g/mol. The van der Waals surface area contributed by atoms with Crippen LogP contribution in [0.4, 0.5) is 0 Å². The Hall–Kier alpha value is -3.68. The first-order valence-electron chi connectivity index (χ1n) is 11.0. The third-order valence-electron chi connectivity index (χ3n) is 5.81. The van der Waals surface area contributed by atoms with Crippen LogP contribution < -0.4 is 10.3 Å². The summed E-state index contributed by atoms with van der Waals surface area (Å²) in [7, 11) is 3.25. The largest absolute Gasteiger partial charge is 0.497 e. The van der Waals surface area contributed by atoms with E-state index in [1.54, 1.807) is 37.3 Å². The Morgan fingerprint density at radius 2 is 1.85 bits per heavy atom. The van der Waals surface area contributed by atoms with Gasteiger partial charge in [-0.1, -0.05) is 24.3 Å². The van der Waals surface area contributed by atoms with Crippen LogP contribution in [0.2, 0.25) is 0 Å². The number of aromatic nitrogens is 2. The summed E-state index contributed by atoms with van der Waals surface area (Å²) in [5.41, 5.74) is 1.43. The Labute approximate surface area is 191 Å². The number of ether oxygens (including phenoxy) is 2. The van der Waals surface area contributed by atoms with Crippen LogP contribution in [0.3, 0.4) is 0 Å². The topological polar surface area (TPSA) is 90.7 Å². The fourth-order valence-corrected chi connectivity index (χ4v) is 3.73. The van der Waals surface area contributed by atoms with Crippen molar-refractivity contribution in [1.29, 1.82) is 0 Å². The monoisotopic (exact) mass is 449 g/mol. The van der Waals surface area contributed by atoms with Gasteiger partial charge in [-0.3, -0.25) is 19.0 Å². The number of esters is 1. The van der Waals surface area contributed by atoms with Crippen LogP contribution in [-0.4, -0.2) is 46.1 Å². The molecule has 4 rings (SSSR count). The summed E-state index contributed by atoms with van der Waals surface area (Å²) in [5.74, 6) is 0.556. The SMILES string of the molecule is COc1ccc(CN(C(=O)COC(=O)CCc2nc3ccccc3c(=O)n2C)C2CC2)cc1. The molecule has 3 aromatic rings. The number of hydrogen-bond acceptors (Lipinski definition) is 6. The maximum atomic E-state index is 12.7. The quantitative estimate of drug-likeness (QED) is 0.467. The van der Waals surface area contributed by atoms with E-state index >= 15 is 0 Å². The van der Waals surface area contributed by atoms with Crippen LogP contribution in [0, 0.1) is 0 Å². The highest BCUT2D eigenvalue weighted by Crippen LogP contribution is 2.29. The third kappa shape index (κ3) is 5.39. The standard InChI is InChI=1S/C25H27N3O5/c1-27-22(26-21-6-4-3-5-20(21)25(27)31)13-14-24(30)33-16-23(29)28(18-9-10-18)15-17-7-11-19(32-2)12-8-17/h3-8,11-12,18H,9-10,13-16H2,1-2H3. The Morgan fingerprint density at radius 1 is 1.12 bits per heavy atom. The van der Waals surface area contributed by atoms with E-state index in [2.05, 4.69) is 4.98 Å². The van der Waals surface area contributed by atoms with E-state index in [1.807, 2.05) is 30.3 Å². The van der Waals surface area contributed by atoms with Crippen molar-refractivity contribution in [3.05, 3.63) is 70.3 Å².